The second-order valence-electron chi connectivity index (χ2n) is 6.14. The second kappa shape index (κ2) is 9.86. The number of carbonyl (C=O) groups is 3. The number of thiophene rings is 1. The Morgan fingerprint density at radius 2 is 1.59 bits per heavy atom. The van der Waals surface area contributed by atoms with Crippen molar-refractivity contribution in [2.75, 3.05) is 0 Å². The molecule has 6 nitrogen and oxygen atoms in total. The van der Waals surface area contributed by atoms with E-state index in [1.807, 2.05) is 30.3 Å². The van der Waals surface area contributed by atoms with Crippen LogP contribution in [0.15, 0.2) is 72.1 Å². The molecule has 0 fully saturated rings. The molecule has 3 aromatic rings. The van der Waals surface area contributed by atoms with Crippen molar-refractivity contribution in [3.63, 3.8) is 0 Å². The van der Waals surface area contributed by atoms with Crippen LogP contribution in [-0.4, -0.2) is 23.8 Å². The summed E-state index contributed by atoms with van der Waals surface area (Å²) in [5.41, 5.74) is 5.97. The average molecular weight is 428 g/mol. The summed E-state index contributed by atoms with van der Waals surface area (Å²) in [6.45, 7) is 0. The molecule has 0 saturated heterocycles. The molecule has 0 aliphatic rings. The number of nitrogens with one attached hydrogen (secondary N) is 3. The zero-order valence-corrected chi connectivity index (χ0v) is 16.8. The molecule has 2 aromatic carbocycles. The van der Waals surface area contributed by atoms with Crippen LogP contribution in [0.25, 0.3) is 0 Å². The Labute approximate surface area is 176 Å². The molecule has 0 aliphatic carbocycles. The molecule has 3 rings (SSSR count). The van der Waals surface area contributed by atoms with E-state index >= 15 is 0 Å². The Bertz CT molecular complexity index is 976. The van der Waals surface area contributed by atoms with Crippen LogP contribution in [0.3, 0.4) is 0 Å². The lowest BCUT2D eigenvalue weighted by molar-refractivity contribution is -0.123. The average Bonchev–Trinajstić information content (AvgIpc) is 3.27. The number of hydrazine groups is 1. The number of amides is 3. The first kappa shape index (κ1) is 20.6. The van der Waals surface area contributed by atoms with Gasteiger partial charge in [0.2, 0.25) is 0 Å². The molecule has 29 heavy (non-hydrogen) atoms. The summed E-state index contributed by atoms with van der Waals surface area (Å²) in [6.07, 6.45) is 0.278. The lowest BCUT2D eigenvalue weighted by Crippen LogP contribution is -2.53. The third-order valence-corrected chi connectivity index (χ3v) is 5.18. The first-order chi connectivity index (χ1) is 14.0. The van der Waals surface area contributed by atoms with Gasteiger partial charge in [-0.25, -0.2) is 0 Å². The van der Waals surface area contributed by atoms with Crippen LogP contribution in [0.2, 0.25) is 5.02 Å². The van der Waals surface area contributed by atoms with E-state index in [2.05, 4.69) is 16.2 Å². The molecular weight excluding hydrogens is 410 g/mol. The van der Waals surface area contributed by atoms with E-state index in [1.165, 1.54) is 11.3 Å². The molecular formula is C21H18ClN3O3S. The zero-order chi connectivity index (χ0) is 20.6. The number of benzene rings is 2. The van der Waals surface area contributed by atoms with Crippen LogP contribution in [0, 0.1) is 0 Å². The van der Waals surface area contributed by atoms with E-state index in [-0.39, 0.29) is 12.3 Å². The third kappa shape index (κ3) is 5.91. The van der Waals surface area contributed by atoms with Crippen molar-refractivity contribution in [1.29, 1.82) is 0 Å². The SMILES string of the molecule is O=C(NNC(=O)C(Cc1ccccc1)NC(=O)c1cccs1)c1ccc(Cl)cc1. The number of hydrogen-bond donors (Lipinski definition) is 3. The Hall–Kier alpha value is -3.16. The third-order valence-electron chi connectivity index (χ3n) is 4.06. The fourth-order valence-corrected chi connectivity index (χ4v) is 3.33. The van der Waals surface area contributed by atoms with E-state index in [0.717, 1.165) is 5.56 Å². The number of rotatable bonds is 6. The van der Waals surface area contributed by atoms with Crippen molar-refractivity contribution in [2.24, 2.45) is 0 Å². The molecule has 3 N–H and O–H groups in total. The van der Waals surface area contributed by atoms with Crippen LogP contribution in [0.4, 0.5) is 0 Å². The van der Waals surface area contributed by atoms with Gasteiger partial charge >= 0.3 is 0 Å². The molecule has 0 aliphatic heterocycles. The number of halogens is 1. The maximum atomic E-state index is 12.7. The summed E-state index contributed by atoms with van der Waals surface area (Å²) in [6, 6.07) is 18.1. The van der Waals surface area contributed by atoms with Crippen LogP contribution in [0.5, 0.6) is 0 Å². The molecule has 0 saturated carbocycles. The Kier molecular flexibility index (Phi) is 6.99. The first-order valence-electron chi connectivity index (χ1n) is 8.77. The van der Waals surface area contributed by atoms with E-state index in [4.69, 9.17) is 11.6 Å². The van der Waals surface area contributed by atoms with Gasteiger partial charge in [-0.05, 0) is 41.3 Å². The largest absolute Gasteiger partial charge is 0.339 e. The standard InChI is InChI=1S/C21H18ClN3O3S/c22-16-10-8-15(9-11-16)19(26)24-25-20(27)17(13-14-5-2-1-3-6-14)23-21(28)18-7-4-12-29-18/h1-12,17H,13H2,(H,23,28)(H,24,26)(H,25,27). The Balaban J connectivity index is 1.66. The van der Waals surface area contributed by atoms with Crippen LogP contribution in [-0.2, 0) is 11.2 Å². The van der Waals surface area contributed by atoms with Crippen molar-refractivity contribution >= 4 is 40.7 Å². The van der Waals surface area contributed by atoms with Gasteiger partial charge in [0.05, 0.1) is 4.88 Å². The van der Waals surface area contributed by atoms with Gasteiger partial charge in [0.15, 0.2) is 0 Å². The molecule has 8 heteroatoms. The first-order valence-corrected chi connectivity index (χ1v) is 10.0. The van der Waals surface area contributed by atoms with Gasteiger partial charge in [-0.2, -0.15) is 0 Å². The molecule has 3 amide bonds. The molecule has 1 atom stereocenters. The van der Waals surface area contributed by atoms with Crippen molar-refractivity contribution in [1.82, 2.24) is 16.2 Å². The minimum Gasteiger partial charge on any atom is -0.339 e. The number of carbonyl (C=O) groups excluding carboxylic acids is 3. The lowest BCUT2D eigenvalue weighted by atomic mass is 10.1. The highest BCUT2D eigenvalue weighted by Gasteiger charge is 2.23. The number of hydrogen-bond acceptors (Lipinski definition) is 4. The predicted molar refractivity (Wildman–Crippen MR) is 113 cm³/mol. The summed E-state index contributed by atoms with van der Waals surface area (Å²) in [4.78, 5) is 37.8. The molecule has 1 aromatic heterocycles. The topological polar surface area (TPSA) is 87.3 Å². The summed E-state index contributed by atoms with van der Waals surface area (Å²) in [5.74, 6) is -1.36. The minimum absolute atomic E-state index is 0.278. The normalized spacial score (nSPS) is 11.3. The van der Waals surface area contributed by atoms with Crippen molar-refractivity contribution in [3.8, 4) is 0 Å². The molecule has 0 bridgehead atoms. The summed E-state index contributed by atoms with van der Waals surface area (Å²) in [7, 11) is 0. The second-order valence-corrected chi connectivity index (χ2v) is 7.53. The quantitative estimate of drug-likeness (QED) is 0.528. The molecule has 1 unspecified atom stereocenters. The predicted octanol–water partition coefficient (Wildman–Crippen LogP) is 3.20. The zero-order valence-electron chi connectivity index (χ0n) is 15.2. The molecule has 148 valence electrons. The van der Waals surface area contributed by atoms with Gasteiger partial charge in [-0.3, -0.25) is 25.2 Å². The van der Waals surface area contributed by atoms with Crippen molar-refractivity contribution in [2.45, 2.75) is 12.5 Å². The van der Waals surface area contributed by atoms with Gasteiger partial charge in [-0.15, -0.1) is 11.3 Å². The van der Waals surface area contributed by atoms with E-state index in [0.29, 0.717) is 15.5 Å². The van der Waals surface area contributed by atoms with Gasteiger partial charge in [-0.1, -0.05) is 48.0 Å². The maximum Gasteiger partial charge on any atom is 0.269 e. The van der Waals surface area contributed by atoms with E-state index in [9.17, 15) is 14.4 Å². The summed E-state index contributed by atoms with van der Waals surface area (Å²) in [5, 5.41) is 5.02. The highest BCUT2D eigenvalue weighted by molar-refractivity contribution is 7.12. The molecule has 0 spiro atoms. The fraction of sp³-hybridized carbons (Fsp3) is 0.0952. The maximum absolute atomic E-state index is 12.7. The fourth-order valence-electron chi connectivity index (χ4n) is 2.58. The lowest BCUT2D eigenvalue weighted by Gasteiger charge is -2.18. The van der Waals surface area contributed by atoms with Gasteiger partial charge in [0, 0.05) is 17.0 Å². The van der Waals surface area contributed by atoms with Gasteiger partial charge < -0.3 is 5.32 Å². The van der Waals surface area contributed by atoms with E-state index in [1.54, 1.807) is 41.8 Å². The Morgan fingerprint density at radius 1 is 0.862 bits per heavy atom. The van der Waals surface area contributed by atoms with Gasteiger partial charge in [0.25, 0.3) is 17.7 Å². The monoisotopic (exact) mass is 427 g/mol. The van der Waals surface area contributed by atoms with Crippen LogP contribution in [0.1, 0.15) is 25.6 Å². The summed E-state index contributed by atoms with van der Waals surface area (Å²) < 4.78 is 0. The smallest absolute Gasteiger partial charge is 0.269 e. The van der Waals surface area contributed by atoms with Gasteiger partial charge in [0.1, 0.15) is 6.04 Å². The highest BCUT2D eigenvalue weighted by atomic mass is 35.5. The van der Waals surface area contributed by atoms with Crippen LogP contribution < -0.4 is 16.2 Å². The Morgan fingerprint density at radius 3 is 2.24 bits per heavy atom. The van der Waals surface area contributed by atoms with E-state index < -0.39 is 17.9 Å². The highest BCUT2D eigenvalue weighted by Crippen LogP contribution is 2.11. The minimum atomic E-state index is -0.863. The van der Waals surface area contributed by atoms with Crippen molar-refractivity contribution < 1.29 is 14.4 Å². The van der Waals surface area contributed by atoms with Crippen molar-refractivity contribution in [3.05, 3.63) is 93.1 Å². The molecule has 1 heterocycles. The molecule has 0 radical (unpaired) electrons. The summed E-state index contributed by atoms with van der Waals surface area (Å²) >= 11 is 7.10. The van der Waals surface area contributed by atoms with Crippen LogP contribution >= 0.6 is 22.9 Å².